The van der Waals surface area contributed by atoms with Gasteiger partial charge in [0.2, 0.25) is 5.82 Å². The van der Waals surface area contributed by atoms with Crippen LogP contribution >= 0.6 is 11.8 Å². The number of aryl methyl sites for hydroxylation is 1. The molecule has 0 N–H and O–H groups in total. The quantitative estimate of drug-likeness (QED) is 0.410. The Morgan fingerprint density at radius 2 is 2.06 bits per heavy atom. The zero-order valence-electron chi connectivity index (χ0n) is 18.5. The fraction of sp³-hybridized carbons (Fsp3) is 0.522. The van der Waals surface area contributed by atoms with E-state index in [4.69, 9.17) is 4.42 Å². The van der Waals surface area contributed by atoms with Crippen molar-refractivity contribution in [2.24, 2.45) is 12.5 Å². The molecule has 8 heteroatoms. The summed E-state index contributed by atoms with van der Waals surface area (Å²) in [6.07, 6.45) is 3.87. The van der Waals surface area contributed by atoms with Gasteiger partial charge in [0.05, 0.1) is 5.69 Å². The summed E-state index contributed by atoms with van der Waals surface area (Å²) in [5.41, 5.74) is 2.61. The summed E-state index contributed by atoms with van der Waals surface area (Å²) < 4.78 is 7.47. The van der Waals surface area contributed by atoms with Gasteiger partial charge in [0.1, 0.15) is 0 Å². The number of anilines is 1. The molecular formula is C23H30N6OS. The number of aromatic nitrogens is 4. The normalized spacial score (nSPS) is 23.6. The van der Waals surface area contributed by atoms with Crippen molar-refractivity contribution in [3.05, 3.63) is 42.4 Å². The van der Waals surface area contributed by atoms with Gasteiger partial charge < -0.3 is 18.8 Å². The number of benzene rings is 1. The van der Waals surface area contributed by atoms with Crippen molar-refractivity contribution in [2.75, 3.05) is 36.8 Å². The average molecular weight is 439 g/mol. The van der Waals surface area contributed by atoms with Gasteiger partial charge in [-0.2, -0.15) is 0 Å². The molecule has 7 nitrogen and oxygen atoms in total. The smallest absolute Gasteiger partial charge is 0.202 e. The van der Waals surface area contributed by atoms with Gasteiger partial charge in [-0.05, 0) is 38.4 Å². The van der Waals surface area contributed by atoms with E-state index in [0.29, 0.717) is 17.2 Å². The number of fused-ring (bicyclic) bond motifs is 1. The largest absolute Gasteiger partial charge is 0.440 e. The van der Waals surface area contributed by atoms with Crippen LogP contribution in [-0.2, 0) is 7.05 Å². The molecule has 31 heavy (non-hydrogen) atoms. The second-order valence-corrected chi connectivity index (χ2v) is 10.1. The summed E-state index contributed by atoms with van der Waals surface area (Å²) in [7, 11) is 1.99. The molecule has 0 spiro atoms. The standard InChI is InChI=1S/C23H30N6OS/c1-17-20(30-16-24-17)21-25-26-22(27(21)3)31-13-7-11-28-14-19-23(2,15-28)10-12-29(19)18-8-5-4-6-9-18/h4-6,8-9,16,19H,7,10-15H2,1-3H3/t19-,23+/m1/s1. The van der Waals surface area contributed by atoms with Crippen LogP contribution in [0.4, 0.5) is 5.69 Å². The molecule has 2 aromatic heterocycles. The van der Waals surface area contributed by atoms with Crippen molar-refractivity contribution in [2.45, 2.75) is 37.9 Å². The second-order valence-electron chi connectivity index (χ2n) is 9.02. The van der Waals surface area contributed by atoms with Gasteiger partial charge in [0.25, 0.3) is 0 Å². The van der Waals surface area contributed by atoms with Gasteiger partial charge >= 0.3 is 0 Å². The van der Waals surface area contributed by atoms with Crippen molar-refractivity contribution in [3.63, 3.8) is 0 Å². The van der Waals surface area contributed by atoms with E-state index in [9.17, 15) is 0 Å². The van der Waals surface area contributed by atoms with Gasteiger partial charge in [-0.3, -0.25) is 0 Å². The first-order valence-electron chi connectivity index (χ1n) is 11.0. The van der Waals surface area contributed by atoms with Crippen LogP contribution < -0.4 is 4.90 Å². The number of rotatable bonds is 7. The lowest BCUT2D eigenvalue weighted by Gasteiger charge is -2.29. The first kappa shape index (κ1) is 20.6. The van der Waals surface area contributed by atoms with E-state index in [-0.39, 0.29) is 0 Å². The lowest BCUT2D eigenvalue weighted by molar-refractivity contribution is 0.276. The second kappa shape index (κ2) is 8.31. The molecule has 0 radical (unpaired) electrons. The monoisotopic (exact) mass is 438 g/mol. The zero-order valence-corrected chi connectivity index (χ0v) is 19.3. The predicted molar refractivity (Wildman–Crippen MR) is 123 cm³/mol. The van der Waals surface area contributed by atoms with E-state index in [1.807, 2.05) is 18.5 Å². The Morgan fingerprint density at radius 3 is 2.84 bits per heavy atom. The minimum absolute atomic E-state index is 0.399. The third-order valence-corrected chi connectivity index (χ3v) is 7.95. The zero-order chi connectivity index (χ0) is 21.4. The Hall–Kier alpha value is -2.32. The van der Waals surface area contributed by atoms with Crippen LogP contribution in [0.1, 0.15) is 25.5 Å². The Kier molecular flexibility index (Phi) is 5.52. The van der Waals surface area contributed by atoms with Crippen molar-refractivity contribution < 1.29 is 4.42 Å². The maximum atomic E-state index is 5.47. The van der Waals surface area contributed by atoms with Gasteiger partial charge in [-0.1, -0.05) is 36.9 Å². The summed E-state index contributed by atoms with van der Waals surface area (Å²) in [5, 5.41) is 9.58. The number of hydrogen-bond donors (Lipinski definition) is 0. The van der Waals surface area contributed by atoms with E-state index in [1.165, 1.54) is 31.6 Å². The number of oxazole rings is 1. The first-order valence-corrected chi connectivity index (χ1v) is 12.0. The number of para-hydroxylation sites is 1. The molecule has 3 aromatic rings. The first-order chi connectivity index (χ1) is 15.0. The minimum atomic E-state index is 0.399. The Labute approximate surface area is 187 Å². The van der Waals surface area contributed by atoms with Gasteiger partial charge in [-0.25, -0.2) is 4.98 Å². The Bertz CT molecular complexity index is 1030. The topological polar surface area (TPSA) is 63.2 Å². The molecule has 4 heterocycles. The van der Waals surface area contributed by atoms with Crippen molar-refractivity contribution in [1.29, 1.82) is 0 Å². The summed E-state index contributed by atoms with van der Waals surface area (Å²) in [5.74, 6) is 2.46. The molecule has 2 atom stereocenters. The number of likely N-dealkylation sites (tertiary alicyclic amines) is 1. The maximum absolute atomic E-state index is 5.47. The van der Waals surface area contributed by atoms with Crippen LogP contribution in [0.15, 0.2) is 46.3 Å². The summed E-state index contributed by atoms with van der Waals surface area (Å²) in [6, 6.07) is 11.5. The van der Waals surface area contributed by atoms with Crippen LogP contribution in [0.5, 0.6) is 0 Å². The molecule has 2 saturated heterocycles. The van der Waals surface area contributed by atoms with E-state index in [1.54, 1.807) is 11.8 Å². The summed E-state index contributed by atoms with van der Waals surface area (Å²) >= 11 is 1.76. The van der Waals surface area contributed by atoms with Crippen molar-refractivity contribution >= 4 is 17.4 Å². The summed E-state index contributed by atoms with van der Waals surface area (Å²) in [6.45, 7) is 9.06. The molecule has 0 unspecified atom stereocenters. The highest BCUT2D eigenvalue weighted by molar-refractivity contribution is 7.99. The molecule has 0 bridgehead atoms. The van der Waals surface area contributed by atoms with Crippen LogP contribution in [0.2, 0.25) is 0 Å². The van der Waals surface area contributed by atoms with Gasteiger partial charge in [-0.15, -0.1) is 10.2 Å². The lowest BCUT2D eigenvalue weighted by Crippen LogP contribution is -2.37. The fourth-order valence-electron chi connectivity index (χ4n) is 5.10. The number of nitrogens with zero attached hydrogens (tertiary/aromatic N) is 6. The Morgan fingerprint density at radius 1 is 1.23 bits per heavy atom. The van der Waals surface area contributed by atoms with E-state index in [2.05, 4.69) is 62.2 Å². The molecule has 5 rings (SSSR count). The van der Waals surface area contributed by atoms with Crippen LogP contribution in [0.3, 0.4) is 0 Å². The highest BCUT2D eigenvalue weighted by Crippen LogP contribution is 2.44. The molecule has 1 aromatic carbocycles. The van der Waals surface area contributed by atoms with Crippen molar-refractivity contribution in [1.82, 2.24) is 24.6 Å². The lowest BCUT2D eigenvalue weighted by atomic mass is 9.85. The minimum Gasteiger partial charge on any atom is -0.440 e. The molecule has 0 saturated carbocycles. The fourth-order valence-corrected chi connectivity index (χ4v) is 5.94. The van der Waals surface area contributed by atoms with Crippen LogP contribution in [-0.4, -0.2) is 62.6 Å². The van der Waals surface area contributed by atoms with Gasteiger partial charge in [0, 0.05) is 49.6 Å². The van der Waals surface area contributed by atoms with E-state index < -0.39 is 0 Å². The molecule has 2 aliphatic heterocycles. The third kappa shape index (κ3) is 3.87. The maximum Gasteiger partial charge on any atom is 0.202 e. The number of thioether (sulfide) groups is 1. The Balaban J connectivity index is 1.14. The summed E-state index contributed by atoms with van der Waals surface area (Å²) in [4.78, 5) is 9.43. The molecule has 164 valence electrons. The van der Waals surface area contributed by atoms with E-state index >= 15 is 0 Å². The SMILES string of the molecule is Cc1ncoc1-c1nnc(SCCCN2C[C@H]3N(c4ccccc4)CC[C@@]3(C)C2)n1C. The highest BCUT2D eigenvalue weighted by Gasteiger charge is 2.49. The van der Waals surface area contributed by atoms with Crippen molar-refractivity contribution in [3.8, 4) is 11.6 Å². The predicted octanol–water partition coefficient (Wildman–Crippen LogP) is 3.86. The molecule has 2 fully saturated rings. The molecule has 0 amide bonds. The van der Waals surface area contributed by atoms with Gasteiger partial charge in [0.15, 0.2) is 17.3 Å². The van der Waals surface area contributed by atoms with Crippen LogP contribution in [0.25, 0.3) is 11.6 Å². The van der Waals surface area contributed by atoms with E-state index in [0.717, 1.165) is 41.9 Å². The molecular weight excluding hydrogens is 408 g/mol. The average Bonchev–Trinajstić information content (AvgIpc) is 3.50. The third-order valence-electron chi connectivity index (χ3n) is 6.84. The molecule has 0 aliphatic carbocycles. The van der Waals surface area contributed by atoms with Crippen LogP contribution in [0, 0.1) is 12.3 Å². The number of hydrogen-bond acceptors (Lipinski definition) is 7. The highest BCUT2D eigenvalue weighted by atomic mass is 32.2. The molecule has 2 aliphatic rings.